The maximum Gasteiger partial charge on any atom is 0.308 e. The predicted molar refractivity (Wildman–Crippen MR) is 138 cm³/mol. The highest BCUT2D eigenvalue weighted by atomic mass is 35.5. The SMILES string of the molecule is CCOC(=O)CC(N=C(c1ccccc1)c1ccccc1)(c1ccccc1)c1ccc(Cl)cc1. The third kappa shape index (κ3) is 5.27. The van der Waals surface area contributed by atoms with Crippen LogP contribution >= 0.6 is 11.6 Å². The van der Waals surface area contributed by atoms with Crippen LogP contribution in [-0.4, -0.2) is 18.3 Å². The van der Waals surface area contributed by atoms with Gasteiger partial charge in [0.05, 0.1) is 18.7 Å². The average Bonchev–Trinajstić information content (AvgIpc) is 2.89. The molecule has 0 aliphatic rings. The molecule has 0 aromatic heterocycles. The van der Waals surface area contributed by atoms with Gasteiger partial charge < -0.3 is 4.74 Å². The van der Waals surface area contributed by atoms with E-state index in [-0.39, 0.29) is 12.4 Å². The molecule has 1 unspecified atom stereocenters. The Hall–Kier alpha value is -3.69. The van der Waals surface area contributed by atoms with Crippen LogP contribution in [0.4, 0.5) is 0 Å². The highest BCUT2D eigenvalue weighted by Gasteiger charge is 2.38. The highest BCUT2D eigenvalue weighted by Crippen LogP contribution is 2.39. The summed E-state index contributed by atoms with van der Waals surface area (Å²) >= 11 is 6.23. The van der Waals surface area contributed by atoms with Gasteiger partial charge in [0.25, 0.3) is 0 Å². The molecule has 0 heterocycles. The molecular weight excluding hydrogens is 442 g/mol. The van der Waals surface area contributed by atoms with Gasteiger partial charge in [0, 0.05) is 16.1 Å². The van der Waals surface area contributed by atoms with Crippen LogP contribution in [0.25, 0.3) is 0 Å². The molecule has 0 aliphatic heterocycles. The zero-order chi connectivity index (χ0) is 23.8. The number of carbonyl (C=O) groups is 1. The monoisotopic (exact) mass is 467 g/mol. The smallest absolute Gasteiger partial charge is 0.308 e. The largest absolute Gasteiger partial charge is 0.466 e. The van der Waals surface area contributed by atoms with Crippen LogP contribution in [0.2, 0.25) is 5.02 Å². The van der Waals surface area contributed by atoms with Crippen LogP contribution in [0.5, 0.6) is 0 Å². The van der Waals surface area contributed by atoms with Crippen molar-refractivity contribution in [3.8, 4) is 0 Å². The van der Waals surface area contributed by atoms with Gasteiger partial charge in [0.2, 0.25) is 0 Å². The summed E-state index contributed by atoms with van der Waals surface area (Å²) in [6.45, 7) is 2.12. The van der Waals surface area contributed by atoms with E-state index in [0.717, 1.165) is 28.0 Å². The van der Waals surface area contributed by atoms with Crippen LogP contribution in [0.15, 0.2) is 120 Å². The quantitative estimate of drug-likeness (QED) is 0.205. The van der Waals surface area contributed by atoms with Crippen molar-refractivity contribution in [3.05, 3.63) is 143 Å². The van der Waals surface area contributed by atoms with Crippen molar-refractivity contribution in [3.63, 3.8) is 0 Å². The molecule has 0 spiro atoms. The number of hydrogen-bond donors (Lipinski definition) is 0. The minimum Gasteiger partial charge on any atom is -0.466 e. The van der Waals surface area contributed by atoms with Gasteiger partial charge in [-0.2, -0.15) is 0 Å². The van der Waals surface area contributed by atoms with Gasteiger partial charge in [0.15, 0.2) is 0 Å². The number of aliphatic imine (C=N–C) groups is 1. The second-order valence-electron chi connectivity index (χ2n) is 7.91. The molecule has 0 amide bonds. The van der Waals surface area contributed by atoms with Crippen molar-refractivity contribution in [2.24, 2.45) is 4.99 Å². The molecule has 0 radical (unpaired) electrons. The van der Waals surface area contributed by atoms with Gasteiger partial charge in [0.1, 0.15) is 5.54 Å². The molecule has 0 saturated heterocycles. The molecular formula is C30H26ClNO2. The molecule has 4 aromatic rings. The first-order valence-electron chi connectivity index (χ1n) is 11.3. The molecule has 0 N–H and O–H groups in total. The summed E-state index contributed by atoms with van der Waals surface area (Å²) in [5.74, 6) is -0.314. The fourth-order valence-electron chi connectivity index (χ4n) is 4.08. The topological polar surface area (TPSA) is 38.7 Å². The standard InChI is InChI=1S/C30H26ClNO2/c1-2-34-28(33)22-30(25-16-10-5-11-17-25,26-18-20-27(31)21-19-26)32-29(23-12-6-3-7-13-23)24-14-8-4-9-15-24/h3-21H,2,22H2,1H3. The summed E-state index contributed by atoms with van der Waals surface area (Å²) in [6, 6.07) is 37.5. The van der Waals surface area contributed by atoms with E-state index in [2.05, 4.69) is 0 Å². The summed E-state index contributed by atoms with van der Waals surface area (Å²) in [7, 11) is 0. The van der Waals surface area contributed by atoms with Gasteiger partial charge >= 0.3 is 5.97 Å². The van der Waals surface area contributed by atoms with E-state index >= 15 is 0 Å². The number of carbonyl (C=O) groups excluding carboxylic acids is 1. The van der Waals surface area contributed by atoms with Crippen molar-refractivity contribution in [2.45, 2.75) is 18.9 Å². The maximum atomic E-state index is 13.0. The Morgan fingerprint density at radius 3 is 1.71 bits per heavy atom. The molecule has 1 atom stereocenters. The first kappa shape index (κ1) is 23.5. The van der Waals surface area contributed by atoms with Crippen molar-refractivity contribution in [1.82, 2.24) is 0 Å². The number of nitrogens with zero attached hydrogens (tertiary/aromatic N) is 1. The van der Waals surface area contributed by atoms with Gasteiger partial charge in [-0.05, 0) is 30.2 Å². The fourth-order valence-corrected chi connectivity index (χ4v) is 4.20. The van der Waals surface area contributed by atoms with Crippen LogP contribution in [0, 0.1) is 0 Å². The second kappa shape index (κ2) is 11.0. The minimum absolute atomic E-state index is 0.0512. The molecule has 4 rings (SSSR count). The second-order valence-corrected chi connectivity index (χ2v) is 8.34. The van der Waals surface area contributed by atoms with E-state index in [0.29, 0.717) is 11.6 Å². The van der Waals surface area contributed by atoms with Crippen molar-refractivity contribution in [2.75, 3.05) is 6.61 Å². The van der Waals surface area contributed by atoms with Crippen LogP contribution < -0.4 is 0 Å². The summed E-state index contributed by atoms with van der Waals surface area (Å²) in [6.07, 6.45) is 0.0512. The number of esters is 1. The maximum absolute atomic E-state index is 13.0. The molecule has 4 aromatic carbocycles. The zero-order valence-corrected chi connectivity index (χ0v) is 19.8. The van der Waals surface area contributed by atoms with E-state index < -0.39 is 5.54 Å². The Labute approximate surface area is 205 Å². The molecule has 34 heavy (non-hydrogen) atoms. The van der Waals surface area contributed by atoms with Gasteiger partial charge in [-0.25, -0.2) is 0 Å². The number of ether oxygens (including phenoxy) is 1. The predicted octanol–water partition coefficient (Wildman–Crippen LogP) is 7.07. The van der Waals surface area contributed by atoms with E-state index in [9.17, 15) is 4.79 Å². The Balaban J connectivity index is 2.04. The van der Waals surface area contributed by atoms with Gasteiger partial charge in [-0.1, -0.05) is 115 Å². The van der Waals surface area contributed by atoms with Crippen molar-refractivity contribution in [1.29, 1.82) is 0 Å². The molecule has 4 heteroatoms. The fraction of sp³-hybridized carbons (Fsp3) is 0.133. The summed E-state index contributed by atoms with van der Waals surface area (Å²) in [5.41, 5.74) is 3.47. The molecule has 0 saturated carbocycles. The third-order valence-electron chi connectivity index (χ3n) is 5.68. The Bertz CT molecular complexity index is 1200. The summed E-state index contributed by atoms with van der Waals surface area (Å²) < 4.78 is 5.42. The Morgan fingerprint density at radius 2 is 1.21 bits per heavy atom. The summed E-state index contributed by atoms with van der Waals surface area (Å²) in [5, 5.41) is 0.622. The highest BCUT2D eigenvalue weighted by molar-refractivity contribution is 6.30. The number of benzene rings is 4. The van der Waals surface area contributed by atoms with E-state index in [1.165, 1.54) is 0 Å². The lowest BCUT2D eigenvalue weighted by Crippen LogP contribution is -2.31. The first-order chi connectivity index (χ1) is 16.6. The van der Waals surface area contributed by atoms with Crippen LogP contribution in [0.1, 0.15) is 35.6 Å². The van der Waals surface area contributed by atoms with E-state index in [1.54, 1.807) is 0 Å². The van der Waals surface area contributed by atoms with E-state index in [4.69, 9.17) is 21.3 Å². The normalized spacial score (nSPS) is 12.4. The average molecular weight is 468 g/mol. The molecule has 3 nitrogen and oxygen atoms in total. The van der Waals surface area contributed by atoms with Crippen molar-refractivity contribution >= 4 is 23.3 Å². The molecule has 0 fully saturated rings. The number of hydrogen-bond acceptors (Lipinski definition) is 3. The molecule has 170 valence electrons. The van der Waals surface area contributed by atoms with Crippen LogP contribution in [0.3, 0.4) is 0 Å². The third-order valence-corrected chi connectivity index (χ3v) is 5.93. The van der Waals surface area contributed by atoms with E-state index in [1.807, 2.05) is 122 Å². The number of halogens is 1. The van der Waals surface area contributed by atoms with Gasteiger partial charge in [-0.15, -0.1) is 0 Å². The van der Waals surface area contributed by atoms with Crippen molar-refractivity contribution < 1.29 is 9.53 Å². The zero-order valence-electron chi connectivity index (χ0n) is 19.0. The van der Waals surface area contributed by atoms with Crippen LogP contribution in [-0.2, 0) is 15.1 Å². The lowest BCUT2D eigenvalue weighted by atomic mass is 9.80. The minimum atomic E-state index is -1.01. The first-order valence-corrected chi connectivity index (χ1v) is 11.7. The Morgan fingerprint density at radius 1 is 0.735 bits per heavy atom. The molecule has 0 bridgehead atoms. The Kier molecular flexibility index (Phi) is 7.56. The number of rotatable bonds is 8. The lowest BCUT2D eigenvalue weighted by molar-refractivity contribution is -0.144. The van der Waals surface area contributed by atoms with Gasteiger partial charge in [-0.3, -0.25) is 9.79 Å². The summed E-state index contributed by atoms with van der Waals surface area (Å²) in [4.78, 5) is 18.4. The lowest BCUT2D eigenvalue weighted by Gasteiger charge is -2.32. The molecule has 0 aliphatic carbocycles.